The number of hydrogen-bond donors (Lipinski definition) is 1. The van der Waals surface area contributed by atoms with E-state index in [0.29, 0.717) is 39.0 Å². The van der Waals surface area contributed by atoms with Crippen LogP contribution in [0.25, 0.3) is 0 Å². The van der Waals surface area contributed by atoms with Crippen LogP contribution in [0.15, 0.2) is 66.3 Å². The molecule has 9 heteroatoms. The largest absolute Gasteiger partial charge is 0.486 e. The average molecular weight is 463 g/mol. The fourth-order valence-corrected chi connectivity index (χ4v) is 3.72. The molecule has 0 spiro atoms. The lowest BCUT2D eigenvalue weighted by atomic mass is 10.3. The Labute approximate surface area is 189 Å². The molecular weight excluding hydrogens is 443 g/mol. The Balaban J connectivity index is 1.66. The highest BCUT2D eigenvalue weighted by Crippen LogP contribution is 2.25. The van der Waals surface area contributed by atoms with Gasteiger partial charge in [0.25, 0.3) is 0 Å². The normalized spacial score (nSPS) is 11.7. The van der Waals surface area contributed by atoms with Crippen LogP contribution in [-0.4, -0.2) is 25.9 Å². The van der Waals surface area contributed by atoms with Crippen molar-refractivity contribution in [1.82, 2.24) is 14.8 Å². The van der Waals surface area contributed by atoms with Gasteiger partial charge in [0.15, 0.2) is 11.0 Å². The summed E-state index contributed by atoms with van der Waals surface area (Å²) in [5, 5.41) is 12.7. The lowest BCUT2D eigenvalue weighted by Crippen LogP contribution is -2.23. The number of aromatic nitrogens is 3. The molecule has 1 N–H and O–H groups in total. The summed E-state index contributed by atoms with van der Waals surface area (Å²) in [6.45, 7) is 6.32. The number of allylic oxidation sites excluding steroid dienone is 1. The maximum Gasteiger partial charge on any atom is 0.237 e. The van der Waals surface area contributed by atoms with Crippen molar-refractivity contribution in [3.63, 3.8) is 0 Å². The third kappa shape index (κ3) is 6.01. The number of carbonyl (C=O) groups excluding carboxylic acids is 1. The van der Waals surface area contributed by atoms with Gasteiger partial charge in [0.2, 0.25) is 5.91 Å². The molecule has 1 aromatic heterocycles. The van der Waals surface area contributed by atoms with Crippen LogP contribution in [-0.2, 0) is 17.9 Å². The van der Waals surface area contributed by atoms with Crippen LogP contribution in [0.4, 0.5) is 5.69 Å². The number of nitrogens with one attached hydrogen (secondary N) is 1. The van der Waals surface area contributed by atoms with Gasteiger partial charge in [-0.05, 0) is 49.4 Å². The molecule has 0 aliphatic carbocycles. The number of hydrogen-bond acceptors (Lipinski definition) is 5. The van der Waals surface area contributed by atoms with Crippen molar-refractivity contribution in [3.05, 3.63) is 77.1 Å². The molecule has 0 aliphatic rings. The second-order valence-electron chi connectivity index (χ2n) is 6.30. The minimum absolute atomic E-state index is 0.158. The molecule has 1 atom stereocenters. The number of benzene rings is 2. The predicted octanol–water partition coefficient (Wildman–Crippen LogP) is 5.47. The molecule has 6 nitrogen and oxygen atoms in total. The van der Waals surface area contributed by atoms with Crippen LogP contribution in [0.5, 0.6) is 5.75 Å². The SMILES string of the molecule is C=CCn1c(COc2ccc(Cl)cc2)nnc1SC(C)C(=O)Nc1cccc(Cl)c1. The van der Waals surface area contributed by atoms with Gasteiger partial charge in [-0.2, -0.15) is 0 Å². The predicted molar refractivity (Wildman–Crippen MR) is 121 cm³/mol. The third-order valence-corrected chi connectivity index (χ3v) is 5.60. The first-order chi connectivity index (χ1) is 14.5. The fourth-order valence-electron chi connectivity index (χ4n) is 2.53. The summed E-state index contributed by atoms with van der Waals surface area (Å²) in [6, 6.07) is 14.1. The van der Waals surface area contributed by atoms with Crippen LogP contribution in [0.3, 0.4) is 0 Å². The average Bonchev–Trinajstić information content (AvgIpc) is 3.09. The van der Waals surface area contributed by atoms with E-state index in [1.54, 1.807) is 61.5 Å². The Morgan fingerprint density at radius 1 is 1.23 bits per heavy atom. The second-order valence-corrected chi connectivity index (χ2v) is 8.48. The standard InChI is InChI=1S/C21H20Cl2N4O2S/c1-3-11-27-19(13-29-18-9-7-15(22)8-10-18)25-26-21(27)30-14(2)20(28)24-17-6-4-5-16(23)12-17/h3-10,12,14H,1,11,13H2,2H3,(H,24,28). The van der Waals surface area contributed by atoms with Crippen molar-refractivity contribution < 1.29 is 9.53 Å². The highest BCUT2D eigenvalue weighted by atomic mass is 35.5. The maximum atomic E-state index is 12.6. The van der Waals surface area contributed by atoms with E-state index in [9.17, 15) is 4.79 Å². The van der Waals surface area contributed by atoms with Crippen molar-refractivity contribution in [2.24, 2.45) is 0 Å². The Hall–Kier alpha value is -2.48. The van der Waals surface area contributed by atoms with Crippen molar-refractivity contribution in [1.29, 1.82) is 0 Å². The first kappa shape index (κ1) is 22.2. The van der Waals surface area contributed by atoms with Gasteiger partial charge in [-0.25, -0.2) is 0 Å². The Morgan fingerprint density at radius 3 is 2.70 bits per heavy atom. The molecule has 0 fully saturated rings. The molecule has 30 heavy (non-hydrogen) atoms. The molecule has 0 radical (unpaired) electrons. The van der Waals surface area contributed by atoms with Gasteiger partial charge in [0.05, 0.1) is 5.25 Å². The number of carbonyl (C=O) groups is 1. The van der Waals surface area contributed by atoms with Gasteiger partial charge in [-0.15, -0.1) is 16.8 Å². The minimum atomic E-state index is -0.401. The topological polar surface area (TPSA) is 69.0 Å². The van der Waals surface area contributed by atoms with E-state index in [0.717, 1.165) is 0 Å². The third-order valence-electron chi connectivity index (χ3n) is 4.03. The second kappa shape index (κ2) is 10.5. The monoisotopic (exact) mass is 462 g/mol. The first-order valence-corrected chi connectivity index (χ1v) is 10.7. The molecule has 0 bridgehead atoms. The molecule has 1 unspecified atom stereocenters. The summed E-state index contributed by atoms with van der Waals surface area (Å²) in [5.74, 6) is 1.15. The smallest absolute Gasteiger partial charge is 0.237 e. The van der Waals surface area contributed by atoms with Gasteiger partial charge in [-0.3, -0.25) is 9.36 Å². The molecule has 3 rings (SSSR count). The summed E-state index contributed by atoms with van der Waals surface area (Å²) < 4.78 is 7.64. The van der Waals surface area contributed by atoms with Gasteiger partial charge < -0.3 is 10.1 Å². The van der Waals surface area contributed by atoms with Crippen molar-refractivity contribution >= 4 is 46.6 Å². The molecule has 0 aliphatic heterocycles. The molecular formula is C21H20Cl2N4O2S. The number of rotatable bonds is 9. The number of anilines is 1. The number of amides is 1. The Bertz CT molecular complexity index is 1020. The number of nitrogens with zero attached hydrogens (tertiary/aromatic N) is 3. The van der Waals surface area contributed by atoms with E-state index in [2.05, 4.69) is 22.1 Å². The Morgan fingerprint density at radius 2 is 2.00 bits per heavy atom. The van der Waals surface area contributed by atoms with E-state index in [1.165, 1.54) is 11.8 Å². The lowest BCUT2D eigenvalue weighted by Gasteiger charge is -2.13. The van der Waals surface area contributed by atoms with E-state index in [-0.39, 0.29) is 12.5 Å². The summed E-state index contributed by atoms with van der Waals surface area (Å²) in [4.78, 5) is 12.6. The van der Waals surface area contributed by atoms with E-state index < -0.39 is 5.25 Å². The highest BCUT2D eigenvalue weighted by Gasteiger charge is 2.20. The quantitative estimate of drug-likeness (QED) is 0.337. The van der Waals surface area contributed by atoms with Gasteiger partial charge >= 0.3 is 0 Å². The van der Waals surface area contributed by atoms with Crippen LogP contribution < -0.4 is 10.1 Å². The van der Waals surface area contributed by atoms with Gasteiger partial charge in [0.1, 0.15) is 12.4 Å². The summed E-state index contributed by atoms with van der Waals surface area (Å²) >= 11 is 13.2. The highest BCUT2D eigenvalue weighted by molar-refractivity contribution is 8.00. The van der Waals surface area contributed by atoms with Crippen LogP contribution >= 0.6 is 35.0 Å². The van der Waals surface area contributed by atoms with Crippen LogP contribution in [0, 0.1) is 0 Å². The Kier molecular flexibility index (Phi) is 7.79. The molecule has 3 aromatic rings. The van der Waals surface area contributed by atoms with E-state index in [4.69, 9.17) is 27.9 Å². The van der Waals surface area contributed by atoms with Gasteiger partial charge in [-0.1, -0.05) is 47.1 Å². The van der Waals surface area contributed by atoms with Crippen molar-refractivity contribution in [2.45, 2.75) is 30.5 Å². The summed E-state index contributed by atoms with van der Waals surface area (Å²) in [7, 11) is 0. The zero-order valence-corrected chi connectivity index (χ0v) is 18.5. The molecule has 156 valence electrons. The molecule has 0 saturated carbocycles. The summed E-state index contributed by atoms with van der Waals surface area (Å²) in [6.07, 6.45) is 1.75. The zero-order valence-electron chi connectivity index (χ0n) is 16.2. The minimum Gasteiger partial charge on any atom is -0.486 e. The lowest BCUT2D eigenvalue weighted by molar-refractivity contribution is -0.115. The maximum absolute atomic E-state index is 12.6. The number of halogens is 2. The fraction of sp³-hybridized carbons (Fsp3) is 0.190. The van der Waals surface area contributed by atoms with Crippen LogP contribution in [0.2, 0.25) is 10.0 Å². The van der Waals surface area contributed by atoms with E-state index in [1.807, 2.05) is 4.57 Å². The molecule has 2 aromatic carbocycles. The molecule has 1 heterocycles. The molecule has 1 amide bonds. The zero-order chi connectivity index (χ0) is 21.5. The van der Waals surface area contributed by atoms with Crippen molar-refractivity contribution in [3.8, 4) is 5.75 Å². The number of thioether (sulfide) groups is 1. The summed E-state index contributed by atoms with van der Waals surface area (Å²) in [5.41, 5.74) is 0.643. The van der Waals surface area contributed by atoms with Gasteiger partial charge in [0, 0.05) is 22.3 Å². The van der Waals surface area contributed by atoms with E-state index >= 15 is 0 Å². The first-order valence-electron chi connectivity index (χ1n) is 9.10. The van der Waals surface area contributed by atoms with Crippen LogP contribution in [0.1, 0.15) is 12.7 Å². The molecule has 0 saturated heterocycles. The number of ether oxygens (including phenoxy) is 1. The van der Waals surface area contributed by atoms with Crippen molar-refractivity contribution in [2.75, 3.05) is 5.32 Å².